The molecule has 21 heavy (non-hydrogen) atoms. The second-order valence-electron chi connectivity index (χ2n) is 4.01. The van der Waals surface area contributed by atoms with Gasteiger partial charge in [0.2, 0.25) is 0 Å². The van der Waals surface area contributed by atoms with Gasteiger partial charge in [0.1, 0.15) is 0 Å². The average Bonchev–Trinajstić information content (AvgIpc) is 2.37. The van der Waals surface area contributed by atoms with Gasteiger partial charge < -0.3 is 5.11 Å². The van der Waals surface area contributed by atoms with Crippen LogP contribution in [0.5, 0.6) is 0 Å². The van der Waals surface area contributed by atoms with Gasteiger partial charge in [0.25, 0.3) is 0 Å². The van der Waals surface area contributed by atoms with Crippen LogP contribution in [0.25, 0.3) is 11.3 Å². The summed E-state index contributed by atoms with van der Waals surface area (Å²) in [4.78, 5) is 14.7. The topological polar surface area (TPSA) is 50.2 Å². The van der Waals surface area contributed by atoms with Crippen LogP contribution in [-0.2, 0) is 6.18 Å². The van der Waals surface area contributed by atoms with Crippen molar-refractivity contribution in [1.29, 1.82) is 0 Å². The highest BCUT2D eigenvalue weighted by Crippen LogP contribution is 2.37. The predicted molar refractivity (Wildman–Crippen MR) is 71.7 cm³/mol. The maximum atomic E-state index is 12.7. The lowest BCUT2D eigenvalue weighted by molar-refractivity contribution is -0.138. The number of hydrogen-bond acceptors (Lipinski definition) is 2. The monoisotopic (exact) mass is 335 g/mol. The summed E-state index contributed by atoms with van der Waals surface area (Å²) in [6, 6.07) is 5.31. The van der Waals surface area contributed by atoms with Crippen LogP contribution < -0.4 is 0 Å². The van der Waals surface area contributed by atoms with Crippen LogP contribution in [0.4, 0.5) is 13.2 Å². The largest absolute Gasteiger partial charge is 0.478 e. The van der Waals surface area contributed by atoms with Crippen molar-refractivity contribution >= 4 is 29.2 Å². The number of aromatic nitrogens is 1. The van der Waals surface area contributed by atoms with E-state index in [0.29, 0.717) is 6.20 Å². The van der Waals surface area contributed by atoms with Gasteiger partial charge in [0.05, 0.1) is 26.9 Å². The first-order valence-corrected chi connectivity index (χ1v) is 6.22. The molecule has 1 N–H and O–H groups in total. The summed E-state index contributed by atoms with van der Waals surface area (Å²) in [5.74, 6) is -1.71. The highest BCUT2D eigenvalue weighted by atomic mass is 35.5. The molecule has 0 saturated carbocycles. The van der Waals surface area contributed by atoms with Crippen LogP contribution in [0, 0.1) is 0 Å². The van der Waals surface area contributed by atoms with Crippen LogP contribution in [0.2, 0.25) is 10.0 Å². The van der Waals surface area contributed by atoms with Crippen molar-refractivity contribution < 1.29 is 23.1 Å². The molecule has 0 atom stereocenters. The van der Waals surface area contributed by atoms with Gasteiger partial charge in [0, 0.05) is 11.8 Å². The zero-order valence-electron chi connectivity index (χ0n) is 10.1. The molecule has 0 bridgehead atoms. The number of pyridine rings is 1. The summed E-state index contributed by atoms with van der Waals surface area (Å²) in [6.07, 6.45) is -4.36. The third kappa shape index (κ3) is 3.11. The van der Waals surface area contributed by atoms with E-state index < -0.39 is 23.3 Å². The Kier molecular flexibility index (Phi) is 4.11. The first kappa shape index (κ1) is 15.6. The normalized spacial score (nSPS) is 11.5. The number of nitrogens with zero attached hydrogens (tertiary/aromatic N) is 1. The summed E-state index contributed by atoms with van der Waals surface area (Å²) in [5, 5.41) is 9.26. The van der Waals surface area contributed by atoms with Crippen molar-refractivity contribution in [3.8, 4) is 11.3 Å². The summed E-state index contributed by atoms with van der Waals surface area (Å²) in [7, 11) is 0. The number of rotatable bonds is 2. The summed E-state index contributed by atoms with van der Waals surface area (Å²) in [5.41, 5.74) is -2.11. The molecule has 0 spiro atoms. The lowest BCUT2D eigenvalue weighted by atomic mass is 10.0. The van der Waals surface area contributed by atoms with Gasteiger partial charge in [-0.25, -0.2) is 4.79 Å². The van der Waals surface area contributed by atoms with E-state index in [-0.39, 0.29) is 21.3 Å². The van der Waals surface area contributed by atoms with Crippen molar-refractivity contribution in [3.05, 3.63) is 51.6 Å². The first-order valence-electron chi connectivity index (χ1n) is 5.46. The standard InChI is InChI=1S/C13H6Cl2F3NO2/c14-8-2-1-3-9(15)11(8)10-4-6(12(20)21)7(5-19-10)13(16,17)18/h1-5H,(H,20,21). The lowest BCUT2D eigenvalue weighted by Crippen LogP contribution is -2.13. The number of alkyl halides is 3. The third-order valence-corrected chi connectivity index (χ3v) is 3.29. The Hall–Kier alpha value is -1.79. The Balaban J connectivity index is 2.69. The Labute approximate surface area is 126 Å². The number of carboxylic acids is 1. The fourth-order valence-corrected chi connectivity index (χ4v) is 2.33. The summed E-state index contributed by atoms with van der Waals surface area (Å²) >= 11 is 11.9. The molecule has 8 heteroatoms. The molecular formula is C13H6Cl2F3NO2. The van der Waals surface area contributed by atoms with E-state index in [1.54, 1.807) is 6.07 Å². The fourth-order valence-electron chi connectivity index (χ4n) is 1.74. The highest BCUT2D eigenvalue weighted by molar-refractivity contribution is 6.39. The number of hydrogen-bond donors (Lipinski definition) is 1. The number of carboxylic acid groups (broad SMARTS) is 1. The molecule has 0 aliphatic carbocycles. The minimum Gasteiger partial charge on any atom is -0.478 e. The quantitative estimate of drug-likeness (QED) is 0.859. The fraction of sp³-hybridized carbons (Fsp3) is 0.0769. The number of aromatic carboxylic acids is 1. The molecule has 1 aromatic heterocycles. The van der Waals surface area contributed by atoms with E-state index in [1.165, 1.54) is 12.1 Å². The van der Waals surface area contributed by atoms with Gasteiger partial charge in [-0.3, -0.25) is 4.98 Å². The number of carbonyl (C=O) groups is 1. The average molecular weight is 336 g/mol. The highest BCUT2D eigenvalue weighted by Gasteiger charge is 2.36. The van der Waals surface area contributed by atoms with Crippen LogP contribution in [0.15, 0.2) is 30.5 Å². The molecule has 0 fully saturated rings. The molecule has 0 unspecified atom stereocenters. The molecule has 3 nitrogen and oxygen atoms in total. The Morgan fingerprint density at radius 2 is 1.76 bits per heavy atom. The van der Waals surface area contributed by atoms with Crippen molar-refractivity contribution in [2.75, 3.05) is 0 Å². The smallest absolute Gasteiger partial charge is 0.418 e. The molecule has 0 amide bonds. The van der Waals surface area contributed by atoms with E-state index >= 15 is 0 Å². The molecule has 2 rings (SSSR count). The predicted octanol–water partition coefficient (Wildman–Crippen LogP) is 4.77. The summed E-state index contributed by atoms with van der Waals surface area (Å²) in [6.45, 7) is 0. The van der Waals surface area contributed by atoms with E-state index in [2.05, 4.69) is 4.98 Å². The zero-order valence-corrected chi connectivity index (χ0v) is 11.6. The van der Waals surface area contributed by atoms with Crippen LogP contribution >= 0.6 is 23.2 Å². The Bertz CT molecular complexity index is 697. The van der Waals surface area contributed by atoms with Crippen LogP contribution in [-0.4, -0.2) is 16.1 Å². The van der Waals surface area contributed by atoms with Gasteiger partial charge in [-0.2, -0.15) is 13.2 Å². The molecule has 0 aliphatic heterocycles. The van der Waals surface area contributed by atoms with Crippen LogP contribution in [0.1, 0.15) is 15.9 Å². The molecular weight excluding hydrogens is 330 g/mol. The van der Waals surface area contributed by atoms with Crippen molar-refractivity contribution in [2.24, 2.45) is 0 Å². The van der Waals surface area contributed by atoms with E-state index in [0.717, 1.165) is 6.07 Å². The molecule has 110 valence electrons. The SMILES string of the molecule is O=C(O)c1cc(-c2c(Cl)cccc2Cl)ncc1C(F)(F)F. The first-order chi connectivity index (χ1) is 9.71. The van der Waals surface area contributed by atoms with Crippen LogP contribution in [0.3, 0.4) is 0 Å². The third-order valence-electron chi connectivity index (χ3n) is 2.66. The Morgan fingerprint density at radius 1 is 1.19 bits per heavy atom. The molecule has 2 aromatic rings. The van der Waals surface area contributed by atoms with Crippen molar-refractivity contribution in [1.82, 2.24) is 4.98 Å². The Morgan fingerprint density at radius 3 is 2.24 bits per heavy atom. The van der Waals surface area contributed by atoms with Crippen molar-refractivity contribution in [2.45, 2.75) is 6.18 Å². The second-order valence-corrected chi connectivity index (χ2v) is 4.83. The maximum Gasteiger partial charge on any atom is 0.418 e. The van der Waals surface area contributed by atoms with Gasteiger partial charge in [-0.1, -0.05) is 29.3 Å². The van der Waals surface area contributed by atoms with E-state index in [9.17, 15) is 18.0 Å². The number of benzene rings is 1. The van der Waals surface area contributed by atoms with Gasteiger partial charge >= 0.3 is 12.1 Å². The molecule has 0 saturated heterocycles. The lowest BCUT2D eigenvalue weighted by Gasteiger charge is -2.12. The van der Waals surface area contributed by atoms with Gasteiger partial charge in [-0.05, 0) is 18.2 Å². The minimum absolute atomic E-state index is 0.0454. The van der Waals surface area contributed by atoms with Crippen molar-refractivity contribution in [3.63, 3.8) is 0 Å². The van der Waals surface area contributed by atoms with Gasteiger partial charge in [0.15, 0.2) is 0 Å². The second kappa shape index (κ2) is 5.54. The maximum absolute atomic E-state index is 12.7. The summed E-state index contributed by atoms with van der Waals surface area (Å²) < 4.78 is 38.2. The van der Waals surface area contributed by atoms with E-state index in [4.69, 9.17) is 28.3 Å². The molecule has 0 radical (unpaired) electrons. The molecule has 0 aliphatic rings. The number of halogens is 5. The van der Waals surface area contributed by atoms with Gasteiger partial charge in [-0.15, -0.1) is 0 Å². The minimum atomic E-state index is -4.82. The zero-order chi connectivity index (χ0) is 15.8. The van der Waals surface area contributed by atoms with E-state index in [1.807, 2.05) is 0 Å². The molecule has 1 heterocycles. The molecule has 1 aromatic carbocycles.